The fourth-order valence-corrected chi connectivity index (χ4v) is 1.87. The van der Waals surface area contributed by atoms with Crippen molar-refractivity contribution in [3.8, 4) is 0 Å². The molecular formula is C15H24ClNO. The van der Waals surface area contributed by atoms with Crippen molar-refractivity contribution in [2.24, 2.45) is 0 Å². The SMILES string of the molecule is CCCNCC(C)(CC)OCc1ccccc1Cl. The van der Waals surface area contributed by atoms with Gasteiger partial charge < -0.3 is 10.1 Å². The highest BCUT2D eigenvalue weighted by Crippen LogP contribution is 2.21. The molecule has 0 amide bonds. The molecule has 0 aliphatic heterocycles. The Morgan fingerprint density at radius 2 is 2.00 bits per heavy atom. The van der Waals surface area contributed by atoms with E-state index in [0.29, 0.717) is 6.61 Å². The third-order valence-electron chi connectivity index (χ3n) is 3.21. The maximum atomic E-state index is 6.13. The Labute approximate surface area is 116 Å². The lowest BCUT2D eigenvalue weighted by molar-refractivity contribution is -0.0442. The third kappa shape index (κ3) is 4.97. The minimum absolute atomic E-state index is 0.131. The summed E-state index contributed by atoms with van der Waals surface area (Å²) < 4.78 is 6.05. The maximum absolute atomic E-state index is 6.13. The topological polar surface area (TPSA) is 21.3 Å². The molecule has 1 N–H and O–H groups in total. The van der Waals surface area contributed by atoms with Crippen molar-refractivity contribution in [3.05, 3.63) is 34.9 Å². The van der Waals surface area contributed by atoms with Gasteiger partial charge in [-0.25, -0.2) is 0 Å². The molecule has 1 aromatic rings. The first kappa shape index (κ1) is 15.5. The van der Waals surface area contributed by atoms with Gasteiger partial charge in [-0.3, -0.25) is 0 Å². The van der Waals surface area contributed by atoms with Crippen LogP contribution in [0.3, 0.4) is 0 Å². The molecule has 0 fully saturated rings. The van der Waals surface area contributed by atoms with E-state index < -0.39 is 0 Å². The van der Waals surface area contributed by atoms with Crippen molar-refractivity contribution in [1.29, 1.82) is 0 Å². The van der Waals surface area contributed by atoms with Crippen molar-refractivity contribution in [2.75, 3.05) is 13.1 Å². The smallest absolute Gasteiger partial charge is 0.0780 e. The van der Waals surface area contributed by atoms with Gasteiger partial charge in [-0.05, 0) is 37.9 Å². The van der Waals surface area contributed by atoms with Gasteiger partial charge in [-0.2, -0.15) is 0 Å². The van der Waals surface area contributed by atoms with E-state index in [4.69, 9.17) is 16.3 Å². The molecule has 1 unspecified atom stereocenters. The zero-order chi connectivity index (χ0) is 13.4. The molecule has 0 spiro atoms. The van der Waals surface area contributed by atoms with Gasteiger partial charge in [0.15, 0.2) is 0 Å². The largest absolute Gasteiger partial charge is 0.369 e. The van der Waals surface area contributed by atoms with Crippen molar-refractivity contribution in [1.82, 2.24) is 5.32 Å². The first-order valence-corrected chi connectivity index (χ1v) is 7.07. The van der Waals surface area contributed by atoms with E-state index in [1.165, 1.54) is 0 Å². The van der Waals surface area contributed by atoms with Crippen LogP contribution in [-0.4, -0.2) is 18.7 Å². The summed E-state index contributed by atoms with van der Waals surface area (Å²) in [5, 5.41) is 4.19. The molecule has 0 heterocycles. The van der Waals surface area contributed by atoms with Crippen LogP contribution in [0.5, 0.6) is 0 Å². The van der Waals surface area contributed by atoms with Crippen LogP contribution in [0.2, 0.25) is 5.02 Å². The first-order chi connectivity index (χ1) is 8.61. The molecule has 102 valence electrons. The molecule has 0 bridgehead atoms. The summed E-state index contributed by atoms with van der Waals surface area (Å²) in [6.45, 7) is 8.94. The number of hydrogen-bond donors (Lipinski definition) is 1. The maximum Gasteiger partial charge on any atom is 0.0780 e. The molecule has 1 rings (SSSR count). The van der Waals surface area contributed by atoms with Gasteiger partial charge in [0.1, 0.15) is 0 Å². The molecule has 0 radical (unpaired) electrons. The monoisotopic (exact) mass is 269 g/mol. The quantitative estimate of drug-likeness (QED) is 0.720. The molecule has 0 saturated heterocycles. The van der Waals surface area contributed by atoms with E-state index in [1.807, 2.05) is 24.3 Å². The van der Waals surface area contributed by atoms with Crippen LogP contribution in [0.4, 0.5) is 0 Å². The summed E-state index contributed by atoms with van der Waals surface area (Å²) in [7, 11) is 0. The highest BCUT2D eigenvalue weighted by atomic mass is 35.5. The van der Waals surface area contributed by atoms with Crippen LogP contribution in [-0.2, 0) is 11.3 Å². The van der Waals surface area contributed by atoms with Crippen molar-refractivity contribution < 1.29 is 4.74 Å². The van der Waals surface area contributed by atoms with E-state index in [2.05, 4.69) is 26.1 Å². The Hall–Kier alpha value is -0.570. The number of nitrogens with one attached hydrogen (secondary N) is 1. The first-order valence-electron chi connectivity index (χ1n) is 6.69. The number of rotatable bonds is 8. The molecule has 0 aliphatic carbocycles. The second kappa shape index (κ2) is 7.78. The highest BCUT2D eigenvalue weighted by molar-refractivity contribution is 6.31. The average molecular weight is 270 g/mol. The van der Waals surface area contributed by atoms with Crippen molar-refractivity contribution >= 4 is 11.6 Å². The molecule has 1 atom stereocenters. The van der Waals surface area contributed by atoms with Crippen LogP contribution in [0.15, 0.2) is 24.3 Å². The fraction of sp³-hybridized carbons (Fsp3) is 0.600. The van der Waals surface area contributed by atoms with E-state index in [9.17, 15) is 0 Å². The zero-order valence-electron chi connectivity index (χ0n) is 11.6. The molecular weight excluding hydrogens is 246 g/mol. The molecule has 0 saturated carbocycles. The lowest BCUT2D eigenvalue weighted by atomic mass is 10.0. The van der Waals surface area contributed by atoms with Gasteiger partial charge in [0, 0.05) is 11.6 Å². The number of halogens is 1. The van der Waals surface area contributed by atoms with Gasteiger partial charge in [0.2, 0.25) is 0 Å². The van der Waals surface area contributed by atoms with E-state index in [1.54, 1.807) is 0 Å². The van der Waals surface area contributed by atoms with Crippen LogP contribution in [0.25, 0.3) is 0 Å². The van der Waals surface area contributed by atoms with E-state index >= 15 is 0 Å². The summed E-state index contributed by atoms with van der Waals surface area (Å²) >= 11 is 6.13. The Balaban J connectivity index is 2.50. The van der Waals surface area contributed by atoms with Crippen molar-refractivity contribution in [2.45, 2.75) is 45.8 Å². The predicted octanol–water partition coefficient (Wildman–Crippen LogP) is 4.02. The summed E-state index contributed by atoms with van der Waals surface area (Å²) in [5.41, 5.74) is 0.920. The van der Waals surface area contributed by atoms with Gasteiger partial charge in [-0.15, -0.1) is 0 Å². The molecule has 0 aromatic heterocycles. The Bertz CT molecular complexity index is 356. The molecule has 18 heavy (non-hydrogen) atoms. The van der Waals surface area contributed by atoms with Gasteiger partial charge in [0.25, 0.3) is 0 Å². The Kier molecular flexibility index (Phi) is 6.69. The standard InChI is InChI=1S/C15H24ClNO/c1-4-10-17-12-15(3,5-2)18-11-13-8-6-7-9-14(13)16/h6-9,17H,4-5,10-12H2,1-3H3. The van der Waals surface area contributed by atoms with E-state index in [-0.39, 0.29) is 5.60 Å². The average Bonchev–Trinajstić information content (AvgIpc) is 2.38. The summed E-state index contributed by atoms with van der Waals surface area (Å²) in [5.74, 6) is 0. The van der Waals surface area contributed by atoms with Crippen LogP contribution >= 0.6 is 11.6 Å². The van der Waals surface area contributed by atoms with E-state index in [0.717, 1.165) is 36.5 Å². The van der Waals surface area contributed by atoms with Gasteiger partial charge >= 0.3 is 0 Å². The number of benzene rings is 1. The summed E-state index contributed by atoms with van der Waals surface area (Å²) in [4.78, 5) is 0. The number of ether oxygens (including phenoxy) is 1. The minimum Gasteiger partial charge on any atom is -0.369 e. The fourth-order valence-electron chi connectivity index (χ4n) is 1.68. The molecule has 0 aliphatic rings. The van der Waals surface area contributed by atoms with Crippen LogP contribution in [0.1, 0.15) is 39.2 Å². The Morgan fingerprint density at radius 3 is 2.61 bits per heavy atom. The van der Waals surface area contributed by atoms with Crippen LogP contribution < -0.4 is 5.32 Å². The minimum atomic E-state index is -0.131. The molecule has 1 aromatic carbocycles. The number of hydrogen-bond acceptors (Lipinski definition) is 2. The van der Waals surface area contributed by atoms with Crippen molar-refractivity contribution in [3.63, 3.8) is 0 Å². The third-order valence-corrected chi connectivity index (χ3v) is 3.58. The molecule has 2 nitrogen and oxygen atoms in total. The van der Waals surface area contributed by atoms with Crippen LogP contribution in [0, 0.1) is 0 Å². The predicted molar refractivity (Wildman–Crippen MR) is 78.1 cm³/mol. The second-order valence-electron chi connectivity index (χ2n) is 4.86. The summed E-state index contributed by atoms with van der Waals surface area (Å²) in [6, 6.07) is 7.84. The summed E-state index contributed by atoms with van der Waals surface area (Å²) in [6.07, 6.45) is 2.12. The zero-order valence-corrected chi connectivity index (χ0v) is 12.4. The van der Waals surface area contributed by atoms with Gasteiger partial charge in [-0.1, -0.05) is 43.6 Å². The second-order valence-corrected chi connectivity index (χ2v) is 5.27. The highest BCUT2D eigenvalue weighted by Gasteiger charge is 2.22. The lowest BCUT2D eigenvalue weighted by Gasteiger charge is -2.29. The molecule has 3 heteroatoms. The van der Waals surface area contributed by atoms with Gasteiger partial charge in [0.05, 0.1) is 12.2 Å². The Morgan fingerprint density at radius 1 is 1.28 bits per heavy atom. The lowest BCUT2D eigenvalue weighted by Crippen LogP contribution is -2.40. The normalized spacial score (nSPS) is 14.4.